The molecule has 1 rings (SSSR count). The van der Waals surface area contributed by atoms with E-state index in [4.69, 9.17) is 4.74 Å². The van der Waals surface area contributed by atoms with Gasteiger partial charge in [0.15, 0.2) is 0 Å². The predicted molar refractivity (Wildman–Crippen MR) is 54.2 cm³/mol. The fourth-order valence-electron chi connectivity index (χ4n) is 1.05. The van der Waals surface area contributed by atoms with E-state index in [1.165, 1.54) is 25.3 Å². The van der Waals surface area contributed by atoms with Crippen molar-refractivity contribution in [3.05, 3.63) is 29.8 Å². The van der Waals surface area contributed by atoms with Gasteiger partial charge in [-0.05, 0) is 12.1 Å². The molecule has 0 atom stereocenters. The van der Waals surface area contributed by atoms with Gasteiger partial charge in [0.2, 0.25) is 5.78 Å². The molecule has 2 nitrogen and oxygen atoms in total. The van der Waals surface area contributed by atoms with Crippen LogP contribution in [0.3, 0.4) is 0 Å². The number of benzene rings is 1. The molecule has 17 heavy (non-hydrogen) atoms. The topological polar surface area (TPSA) is 26.3 Å². The Kier molecular flexibility index (Phi) is 7.13. The van der Waals surface area contributed by atoms with E-state index in [0.29, 0.717) is 0 Å². The van der Waals surface area contributed by atoms with Crippen molar-refractivity contribution in [1.29, 1.82) is 0 Å². The number of ether oxygens (including phenoxy) is 1. The van der Waals surface area contributed by atoms with Crippen LogP contribution in [-0.2, 0) is 0 Å². The molecule has 0 unspecified atom stereocenters. The Morgan fingerprint density at radius 3 is 2.41 bits per heavy atom. The molecule has 1 aromatic carbocycles. The SMILES string of the molecule is COc1ccccc1C(=O)C#C[B-](F)(F)F.[K+]. The summed E-state index contributed by atoms with van der Waals surface area (Å²) in [6.07, 6.45) is 0. The molecule has 1 aromatic rings. The maximum Gasteiger partial charge on any atom is 1.00 e. The van der Waals surface area contributed by atoms with Gasteiger partial charge in [-0.15, -0.1) is 0 Å². The standard InChI is InChI=1S/C10H7BF3O2.K/c1-16-10-5-3-2-4-8(10)9(15)6-7-11(12,13)14;/h2-5H,1H3;/q-1;+1. The Hall–Kier alpha value is -0.259. The first-order chi connectivity index (χ1) is 7.44. The molecule has 7 heteroatoms. The number of Topliss-reactive ketones (excluding diaryl/α,β-unsaturated/α-hetero) is 1. The van der Waals surface area contributed by atoms with Crippen molar-refractivity contribution in [1.82, 2.24) is 0 Å². The van der Waals surface area contributed by atoms with E-state index in [2.05, 4.69) is 0 Å². The van der Waals surface area contributed by atoms with E-state index in [-0.39, 0.29) is 62.7 Å². The van der Waals surface area contributed by atoms with Crippen LogP contribution in [0.4, 0.5) is 12.9 Å². The van der Waals surface area contributed by atoms with Crippen molar-refractivity contribution in [3.63, 3.8) is 0 Å². The third kappa shape index (κ3) is 5.75. The summed E-state index contributed by atoms with van der Waals surface area (Å²) in [4.78, 5) is 11.3. The number of ketones is 1. The summed E-state index contributed by atoms with van der Waals surface area (Å²) < 4.78 is 40.3. The number of hydrogen-bond donors (Lipinski definition) is 0. The van der Waals surface area contributed by atoms with E-state index in [0.717, 1.165) is 5.82 Å². The van der Waals surface area contributed by atoms with Crippen molar-refractivity contribution in [3.8, 4) is 17.5 Å². The molecule has 0 saturated heterocycles. The smallest absolute Gasteiger partial charge is 0.496 e. The molecule has 0 amide bonds. The van der Waals surface area contributed by atoms with E-state index >= 15 is 0 Å². The van der Waals surface area contributed by atoms with Crippen LogP contribution < -0.4 is 56.1 Å². The van der Waals surface area contributed by atoms with Gasteiger partial charge in [-0.25, -0.2) is 0 Å². The maximum atomic E-state index is 11.8. The van der Waals surface area contributed by atoms with Crippen LogP contribution in [0.1, 0.15) is 10.4 Å². The Bertz CT molecular complexity index is 463. The van der Waals surface area contributed by atoms with Gasteiger partial charge in [-0.1, -0.05) is 18.1 Å². The van der Waals surface area contributed by atoms with Crippen LogP contribution in [0.25, 0.3) is 0 Å². The number of rotatable bonds is 2. The summed E-state index contributed by atoms with van der Waals surface area (Å²) in [5, 5.41) is 0. The van der Waals surface area contributed by atoms with Gasteiger partial charge in [0, 0.05) is 0 Å². The fraction of sp³-hybridized carbons (Fsp3) is 0.100. The van der Waals surface area contributed by atoms with E-state index in [1.54, 1.807) is 12.0 Å². The minimum atomic E-state index is -5.27. The quantitative estimate of drug-likeness (QED) is 0.401. The third-order valence-electron chi connectivity index (χ3n) is 1.70. The van der Waals surface area contributed by atoms with E-state index < -0.39 is 12.8 Å². The van der Waals surface area contributed by atoms with Crippen LogP contribution in [-0.4, -0.2) is 19.9 Å². The maximum absolute atomic E-state index is 11.8. The zero-order valence-electron chi connectivity index (χ0n) is 9.34. The Morgan fingerprint density at radius 1 is 1.29 bits per heavy atom. The number of methoxy groups -OCH3 is 1. The number of para-hydroxylation sites is 1. The van der Waals surface area contributed by atoms with E-state index in [1.807, 2.05) is 0 Å². The summed E-state index contributed by atoms with van der Waals surface area (Å²) in [7, 11) is 1.33. The van der Waals surface area contributed by atoms with Crippen LogP contribution in [0, 0.1) is 11.7 Å². The summed E-state index contributed by atoms with van der Waals surface area (Å²) in [5.41, 5.74) is 0.0255. The molecule has 0 aliphatic carbocycles. The van der Waals surface area contributed by atoms with Gasteiger partial charge < -0.3 is 17.7 Å². The molecule has 0 aliphatic rings. The molecule has 0 bridgehead atoms. The summed E-state index contributed by atoms with van der Waals surface area (Å²) in [5.74, 6) is 1.83. The number of carbonyl (C=O) groups excluding carboxylic acids is 1. The number of carbonyl (C=O) groups is 1. The van der Waals surface area contributed by atoms with Crippen LogP contribution in [0.15, 0.2) is 24.3 Å². The first-order valence-corrected chi connectivity index (χ1v) is 4.34. The van der Waals surface area contributed by atoms with Crippen molar-refractivity contribution in [2.45, 2.75) is 0 Å². The van der Waals surface area contributed by atoms with Gasteiger partial charge in [0.05, 0.1) is 12.7 Å². The van der Waals surface area contributed by atoms with Gasteiger partial charge in [-0.2, -0.15) is 5.82 Å². The van der Waals surface area contributed by atoms with Gasteiger partial charge in [0.25, 0.3) is 0 Å². The molecule has 0 aromatic heterocycles. The van der Waals surface area contributed by atoms with Crippen LogP contribution >= 0.6 is 0 Å². The second-order valence-corrected chi connectivity index (χ2v) is 2.87. The van der Waals surface area contributed by atoms with Gasteiger partial charge in [-0.3, -0.25) is 4.79 Å². The summed E-state index contributed by atoms with van der Waals surface area (Å²) in [6.45, 7) is -5.27. The number of halogens is 3. The molecule has 0 saturated carbocycles. The molecule has 0 N–H and O–H groups in total. The molecule has 0 heterocycles. The molecule has 0 fully saturated rings. The zero-order valence-corrected chi connectivity index (χ0v) is 12.5. The second-order valence-electron chi connectivity index (χ2n) is 2.87. The minimum absolute atomic E-state index is 0. The van der Waals surface area contributed by atoms with Crippen LogP contribution in [0.2, 0.25) is 0 Å². The normalized spacial score (nSPS) is 9.65. The zero-order chi connectivity index (χ0) is 12.2. The third-order valence-corrected chi connectivity index (χ3v) is 1.70. The largest absolute Gasteiger partial charge is 1.00 e. The van der Waals surface area contributed by atoms with Crippen molar-refractivity contribution in [2.24, 2.45) is 0 Å². The Balaban J connectivity index is 0.00000256. The predicted octanol–water partition coefficient (Wildman–Crippen LogP) is -0.728. The van der Waals surface area contributed by atoms with E-state index in [9.17, 15) is 17.7 Å². The summed E-state index contributed by atoms with van der Waals surface area (Å²) in [6, 6.07) is 5.97. The monoisotopic (exact) mass is 266 g/mol. The second kappa shape index (κ2) is 7.24. The summed E-state index contributed by atoms with van der Waals surface area (Å²) >= 11 is 0. The first-order valence-electron chi connectivity index (χ1n) is 4.34. The molecular formula is C10H7BF3KO2. The number of hydrogen-bond acceptors (Lipinski definition) is 2. The molecule has 0 spiro atoms. The Labute approximate surface area is 139 Å². The van der Waals surface area contributed by atoms with Crippen molar-refractivity contribution in [2.75, 3.05) is 7.11 Å². The first kappa shape index (κ1) is 16.7. The molecule has 0 radical (unpaired) electrons. The molecule has 0 aliphatic heterocycles. The van der Waals surface area contributed by atoms with Crippen molar-refractivity contribution < 1.29 is 73.9 Å². The Morgan fingerprint density at radius 2 is 1.88 bits per heavy atom. The van der Waals surface area contributed by atoms with Gasteiger partial charge in [0.1, 0.15) is 5.75 Å². The van der Waals surface area contributed by atoms with Gasteiger partial charge >= 0.3 is 58.4 Å². The fourth-order valence-corrected chi connectivity index (χ4v) is 1.05. The molecule has 84 valence electrons. The molecular weight excluding hydrogens is 259 g/mol. The van der Waals surface area contributed by atoms with Crippen LogP contribution in [0.5, 0.6) is 5.75 Å². The average molecular weight is 266 g/mol. The minimum Gasteiger partial charge on any atom is -0.496 e. The van der Waals surface area contributed by atoms with Crippen molar-refractivity contribution >= 4 is 12.8 Å². The average Bonchev–Trinajstić information content (AvgIpc) is 2.25.